The van der Waals surface area contributed by atoms with Gasteiger partial charge in [-0.25, -0.2) is 0 Å². The molecule has 1 fully saturated rings. The minimum Gasteiger partial charge on any atom is -0.497 e. The van der Waals surface area contributed by atoms with E-state index in [1.165, 1.54) is 22.3 Å². The predicted molar refractivity (Wildman–Crippen MR) is 125 cm³/mol. The summed E-state index contributed by atoms with van der Waals surface area (Å²) in [6.45, 7) is 7.43. The average molecular weight is 415 g/mol. The maximum absolute atomic E-state index is 13.0. The zero-order chi connectivity index (χ0) is 21.8. The number of carbonyl (C=O) groups is 1. The van der Waals surface area contributed by atoms with E-state index in [4.69, 9.17) is 4.74 Å². The maximum atomic E-state index is 13.0. The summed E-state index contributed by atoms with van der Waals surface area (Å²) < 4.78 is 5.28. The Labute approximate surface area is 185 Å². The number of methoxy groups -OCH3 is 1. The third-order valence-electron chi connectivity index (χ3n) is 6.13. The number of rotatable bonds is 5. The van der Waals surface area contributed by atoms with Crippen molar-refractivity contribution < 1.29 is 9.53 Å². The Hall–Kier alpha value is -3.11. The highest BCUT2D eigenvalue weighted by Crippen LogP contribution is 2.32. The second kappa shape index (κ2) is 9.36. The van der Waals surface area contributed by atoms with Crippen LogP contribution in [0.25, 0.3) is 0 Å². The predicted octanol–water partition coefficient (Wildman–Crippen LogP) is 4.86. The zero-order valence-electron chi connectivity index (χ0n) is 18.5. The zero-order valence-corrected chi connectivity index (χ0v) is 18.5. The first-order chi connectivity index (χ1) is 15.1. The van der Waals surface area contributed by atoms with Crippen molar-refractivity contribution in [2.45, 2.75) is 19.9 Å². The van der Waals surface area contributed by atoms with E-state index in [-0.39, 0.29) is 11.9 Å². The van der Waals surface area contributed by atoms with Gasteiger partial charge in [-0.3, -0.25) is 9.69 Å². The number of carbonyl (C=O) groups excluding carboxylic acids is 1. The van der Waals surface area contributed by atoms with Crippen LogP contribution in [0.4, 0.5) is 0 Å². The molecule has 1 amide bonds. The molecule has 1 aliphatic rings. The number of ether oxygens (including phenoxy) is 1. The molecule has 0 spiro atoms. The minimum absolute atomic E-state index is 0.0709. The van der Waals surface area contributed by atoms with Gasteiger partial charge in [-0.05, 0) is 48.7 Å². The fourth-order valence-electron chi connectivity index (χ4n) is 4.40. The molecule has 0 aromatic heterocycles. The Kier molecular flexibility index (Phi) is 6.38. The summed E-state index contributed by atoms with van der Waals surface area (Å²) in [4.78, 5) is 17.5. The molecular weight excluding hydrogens is 384 g/mol. The summed E-state index contributed by atoms with van der Waals surface area (Å²) in [6, 6.07) is 25.0. The second-order valence-corrected chi connectivity index (χ2v) is 8.23. The molecule has 0 saturated carbocycles. The molecule has 0 unspecified atom stereocenters. The molecule has 0 aliphatic carbocycles. The Morgan fingerprint density at radius 3 is 2.32 bits per heavy atom. The van der Waals surface area contributed by atoms with E-state index in [0.29, 0.717) is 24.4 Å². The summed E-state index contributed by atoms with van der Waals surface area (Å²) in [6.07, 6.45) is 0. The first-order valence-electron chi connectivity index (χ1n) is 10.9. The standard InChI is InChI=1S/C27H30N2O2/c1-20-12-13-21(2)25(18-20)26(22-8-5-4-6-9-22)28-14-16-29(17-15-28)27(30)23-10-7-11-24(19-23)31-3/h4-13,18-19,26H,14-17H2,1-3H3/t26-/m0/s1. The summed E-state index contributed by atoms with van der Waals surface area (Å²) in [5.74, 6) is 0.782. The van der Waals surface area contributed by atoms with Gasteiger partial charge in [-0.2, -0.15) is 0 Å². The van der Waals surface area contributed by atoms with Crippen molar-refractivity contribution in [3.8, 4) is 5.75 Å². The molecule has 31 heavy (non-hydrogen) atoms. The number of piperazine rings is 1. The van der Waals surface area contributed by atoms with E-state index in [9.17, 15) is 4.79 Å². The fourth-order valence-corrected chi connectivity index (χ4v) is 4.40. The Morgan fingerprint density at radius 1 is 0.871 bits per heavy atom. The Bertz CT molecular complexity index is 1040. The van der Waals surface area contributed by atoms with Crippen LogP contribution in [0.5, 0.6) is 5.75 Å². The molecule has 3 aromatic rings. The highest BCUT2D eigenvalue weighted by atomic mass is 16.5. The topological polar surface area (TPSA) is 32.8 Å². The Morgan fingerprint density at radius 2 is 1.61 bits per heavy atom. The molecule has 1 heterocycles. The van der Waals surface area contributed by atoms with Crippen LogP contribution < -0.4 is 4.74 Å². The molecule has 4 nitrogen and oxygen atoms in total. The minimum atomic E-state index is 0.0709. The second-order valence-electron chi connectivity index (χ2n) is 8.23. The van der Waals surface area contributed by atoms with Gasteiger partial charge in [0.25, 0.3) is 5.91 Å². The first kappa shape index (κ1) is 21.1. The van der Waals surface area contributed by atoms with Crippen LogP contribution in [0.15, 0.2) is 72.8 Å². The molecule has 1 saturated heterocycles. The van der Waals surface area contributed by atoms with Crippen LogP contribution in [0.2, 0.25) is 0 Å². The maximum Gasteiger partial charge on any atom is 0.254 e. The molecule has 0 radical (unpaired) electrons. The van der Waals surface area contributed by atoms with E-state index in [1.807, 2.05) is 29.2 Å². The lowest BCUT2D eigenvalue weighted by Crippen LogP contribution is -2.50. The monoisotopic (exact) mass is 414 g/mol. The van der Waals surface area contributed by atoms with Crippen molar-refractivity contribution in [2.24, 2.45) is 0 Å². The van der Waals surface area contributed by atoms with Gasteiger partial charge < -0.3 is 9.64 Å². The van der Waals surface area contributed by atoms with Crippen LogP contribution in [0.3, 0.4) is 0 Å². The average Bonchev–Trinajstić information content (AvgIpc) is 2.82. The lowest BCUT2D eigenvalue weighted by Gasteiger charge is -2.40. The third kappa shape index (κ3) is 4.64. The summed E-state index contributed by atoms with van der Waals surface area (Å²) >= 11 is 0. The lowest BCUT2D eigenvalue weighted by molar-refractivity contribution is 0.0596. The van der Waals surface area contributed by atoms with Gasteiger partial charge in [0.15, 0.2) is 0 Å². The molecule has 1 atom stereocenters. The van der Waals surface area contributed by atoms with E-state index in [0.717, 1.165) is 13.1 Å². The highest BCUT2D eigenvalue weighted by Gasteiger charge is 2.29. The molecule has 0 bridgehead atoms. The van der Waals surface area contributed by atoms with Crippen molar-refractivity contribution in [3.05, 3.63) is 101 Å². The number of amides is 1. The van der Waals surface area contributed by atoms with E-state index in [1.54, 1.807) is 7.11 Å². The normalized spacial score (nSPS) is 15.5. The van der Waals surface area contributed by atoms with E-state index >= 15 is 0 Å². The molecule has 4 rings (SSSR count). The number of benzene rings is 3. The summed E-state index contributed by atoms with van der Waals surface area (Å²) in [5.41, 5.74) is 5.90. The number of hydrogen-bond acceptors (Lipinski definition) is 3. The Balaban J connectivity index is 1.55. The van der Waals surface area contributed by atoms with E-state index < -0.39 is 0 Å². The SMILES string of the molecule is COc1cccc(C(=O)N2CCN([C@@H](c3ccccc3)c3cc(C)ccc3C)CC2)c1. The van der Waals surface area contributed by atoms with Gasteiger partial charge in [0.2, 0.25) is 0 Å². The van der Waals surface area contributed by atoms with Gasteiger partial charge in [-0.1, -0.05) is 60.2 Å². The number of aryl methyl sites for hydroxylation is 2. The van der Waals surface area contributed by atoms with Gasteiger partial charge >= 0.3 is 0 Å². The fraction of sp³-hybridized carbons (Fsp3) is 0.296. The third-order valence-corrected chi connectivity index (χ3v) is 6.13. The quantitative estimate of drug-likeness (QED) is 0.598. The molecular formula is C27H30N2O2. The van der Waals surface area contributed by atoms with Gasteiger partial charge in [0.1, 0.15) is 5.75 Å². The smallest absolute Gasteiger partial charge is 0.254 e. The largest absolute Gasteiger partial charge is 0.497 e. The van der Waals surface area contributed by atoms with Crippen LogP contribution in [0.1, 0.15) is 38.7 Å². The molecule has 160 valence electrons. The van der Waals surface area contributed by atoms with Crippen LogP contribution in [0, 0.1) is 13.8 Å². The number of nitrogens with zero attached hydrogens (tertiary/aromatic N) is 2. The van der Waals surface area contributed by atoms with Crippen LogP contribution >= 0.6 is 0 Å². The number of hydrogen-bond donors (Lipinski definition) is 0. The van der Waals surface area contributed by atoms with Gasteiger partial charge in [-0.15, -0.1) is 0 Å². The summed E-state index contributed by atoms with van der Waals surface area (Å²) in [5, 5.41) is 0. The van der Waals surface area contributed by atoms with Crippen molar-refractivity contribution in [1.29, 1.82) is 0 Å². The molecule has 3 aromatic carbocycles. The van der Waals surface area contributed by atoms with Gasteiger partial charge in [0, 0.05) is 31.7 Å². The van der Waals surface area contributed by atoms with Crippen molar-refractivity contribution in [1.82, 2.24) is 9.80 Å². The van der Waals surface area contributed by atoms with Gasteiger partial charge in [0.05, 0.1) is 13.2 Å². The summed E-state index contributed by atoms with van der Waals surface area (Å²) in [7, 11) is 1.62. The van der Waals surface area contributed by atoms with Crippen molar-refractivity contribution in [2.75, 3.05) is 33.3 Å². The molecule has 4 heteroatoms. The van der Waals surface area contributed by atoms with Crippen molar-refractivity contribution >= 4 is 5.91 Å². The highest BCUT2D eigenvalue weighted by molar-refractivity contribution is 5.94. The molecule has 0 N–H and O–H groups in total. The van der Waals surface area contributed by atoms with E-state index in [2.05, 4.69) is 67.3 Å². The lowest BCUT2D eigenvalue weighted by atomic mass is 9.92. The van der Waals surface area contributed by atoms with Crippen molar-refractivity contribution in [3.63, 3.8) is 0 Å². The van der Waals surface area contributed by atoms with Crippen LogP contribution in [-0.4, -0.2) is 49.0 Å². The first-order valence-corrected chi connectivity index (χ1v) is 10.9. The molecule has 1 aliphatic heterocycles. The van der Waals surface area contributed by atoms with Crippen LogP contribution in [-0.2, 0) is 0 Å².